The van der Waals surface area contributed by atoms with Gasteiger partial charge in [-0.05, 0) is 54.3 Å². The zero-order valence-corrected chi connectivity index (χ0v) is 14.8. The summed E-state index contributed by atoms with van der Waals surface area (Å²) in [6.45, 7) is 4.57. The van der Waals surface area contributed by atoms with Crippen LogP contribution in [0.4, 0.5) is 0 Å². The predicted octanol–water partition coefficient (Wildman–Crippen LogP) is 6.90. The molecule has 0 aliphatic rings. The summed E-state index contributed by atoms with van der Waals surface area (Å²) >= 11 is 3.50. The van der Waals surface area contributed by atoms with Crippen LogP contribution >= 0.6 is 15.9 Å². The molecule has 0 aromatic heterocycles. The number of halogens is 1. The lowest BCUT2D eigenvalue weighted by molar-refractivity contribution is 0.304. The van der Waals surface area contributed by atoms with E-state index in [1.54, 1.807) is 0 Å². The molecule has 0 bridgehead atoms. The first-order chi connectivity index (χ1) is 10.8. The first kappa shape index (κ1) is 17.1. The molecule has 2 aromatic rings. The molecule has 1 nitrogen and oxygen atoms in total. The molecule has 0 saturated carbocycles. The number of fused-ring (bicyclic) bond motifs is 1. The van der Waals surface area contributed by atoms with E-state index in [2.05, 4.69) is 58.9 Å². The van der Waals surface area contributed by atoms with E-state index in [1.807, 2.05) is 6.08 Å². The Morgan fingerprint density at radius 2 is 1.55 bits per heavy atom. The van der Waals surface area contributed by atoms with Gasteiger partial charge in [-0.25, -0.2) is 0 Å². The van der Waals surface area contributed by atoms with Crippen molar-refractivity contribution in [3.8, 4) is 5.75 Å². The fraction of sp³-hybridized carbons (Fsp3) is 0.400. The molecule has 2 heteroatoms. The number of benzene rings is 2. The Kier molecular flexibility index (Phi) is 7.51. The highest BCUT2D eigenvalue weighted by Crippen LogP contribution is 2.24. The van der Waals surface area contributed by atoms with E-state index in [0.29, 0.717) is 0 Å². The number of allylic oxidation sites excluding steroid dienone is 1. The molecule has 0 fully saturated rings. The van der Waals surface area contributed by atoms with E-state index >= 15 is 0 Å². The Hall–Kier alpha value is -1.28. The standard InChI is InChI=1S/C20H25BrO/c1-2-3-4-5-6-7-8-9-14-22-20-13-11-17-15-19(21)12-10-18(17)16-20/h2,10-13,15-16H,1,3-9,14H2. The van der Waals surface area contributed by atoms with Crippen molar-refractivity contribution in [2.45, 2.75) is 44.9 Å². The van der Waals surface area contributed by atoms with Gasteiger partial charge in [0.1, 0.15) is 5.75 Å². The van der Waals surface area contributed by atoms with Crippen molar-refractivity contribution in [3.63, 3.8) is 0 Å². The van der Waals surface area contributed by atoms with Gasteiger partial charge < -0.3 is 4.74 Å². The van der Waals surface area contributed by atoms with Crippen LogP contribution in [0.3, 0.4) is 0 Å². The molecule has 0 atom stereocenters. The molecule has 2 rings (SSSR count). The van der Waals surface area contributed by atoms with Gasteiger partial charge in [-0.3, -0.25) is 0 Å². The lowest BCUT2D eigenvalue weighted by atomic mass is 10.1. The third-order valence-corrected chi connectivity index (χ3v) is 4.34. The number of hydrogen-bond donors (Lipinski definition) is 0. The minimum absolute atomic E-state index is 0.814. The minimum Gasteiger partial charge on any atom is -0.494 e. The molecule has 0 amide bonds. The number of unbranched alkanes of at least 4 members (excludes halogenated alkanes) is 6. The van der Waals surface area contributed by atoms with Crippen LogP contribution in [-0.4, -0.2) is 6.61 Å². The Morgan fingerprint density at radius 3 is 2.36 bits per heavy atom. The predicted molar refractivity (Wildman–Crippen MR) is 99.7 cm³/mol. The normalized spacial score (nSPS) is 10.8. The zero-order valence-electron chi connectivity index (χ0n) is 13.2. The summed E-state index contributed by atoms with van der Waals surface area (Å²) < 4.78 is 6.98. The van der Waals surface area contributed by atoms with E-state index in [0.717, 1.165) is 29.7 Å². The van der Waals surface area contributed by atoms with Crippen molar-refractivity contribution in [2.24, 2.45) is 0 Å². The van der Waals surface area contributed by atoms with Gasteiger partial charge in [-0.1, -0.05) is 59.8 Å². The van der Waals surface area contributed by atoms with Gasteiger partial charge in [-0.15, -0.1) is 6.58 Å². The van der Waals surface area contributed by atoms with E-state index in [1.165, 1.54) is 42.9 Å². The third kappa shape index (κ3) is 5.84. The Bertz CT molecular complexity index is 591. The van der Waals surface area contributed by atoms with Crippen LogP contribution < -0.4 is 4.74 Å². The summed E-state index contributed by atoms with van der Waals surface area (Å²) in [4.78, 5) is 0. The zero-order chi connectivity index (χ0) is 15.6. The van der Waals surface area contributed by atoms with Crippen molar-refractivity contribution >= 4 is 26.7 Å². The molecule has 0 aliphatic carbocycles. The summed E-state index contributed by atoms with van der Waals surface area (Å²) in [5.41, 5.74) is 0. The molecular formula is C20H25BrO. The molecule has 118 valence electrons. The van der Waals surface area contributed by atoms with Crippen LogP contribution in [0.5, 0.6) is 5.75 Å². The fourth-order valence-corrected chi connectivity index (χ4v) is 2.95. The van der Waals surface area contributed by atoms with E-state index in [9.17, 15) is 0 Å². The summed E-state index contributed by atoms with van der Waals surface area (Å²) in [7, 11) is 0. The van der Waals surface area contributed by atoms with E-state index in [4.69, 9.17) is 4.74 Å². The van der Waals surface area contributed by atoms with E-state index in [-0.39, 0.29) is 0 Å². The molecule has 0 saturated heterocycles. The minimum atomic E-state index is 0.814. The highest BCUT2D eigenvalue weighted by atomic mass is 79.9. The highest BCUT2D eigenvalue weighted by Gasteiger charge is 1.99. The Labute approximate surface area is 142 Å². The van der Waals surface area contributed by atoms with E-state index < -0.39 is 0 Å². The summed E-state index contributed by atoms with van der Waals surface area (Å²) in [6.07, 6.45) is 10.8. The Morgan fingerprint density at radius 1 is 0.864 bits per heavy atom. The second kappa shape index (κ2) is 9.68. The second-order valence-corrected chi connectivity index (χ2v) is 6.62. The molecule has 0 unspecified atom stereocenters. The number of hydrogen-bond acceptors (Lipinski definition) is 1. The molecule has 0 aliphatic heterocycles. The maximum absolute atomic E-state index is 5.86. The van der Waals surface area contributed by atoms with Crippen molar-refractivity contribution < 1.29 is 4.74 Å². The van der Waals surface area contributed by atoms with Gasteiger partial charge in [0.15, 0.2) is 0 Å². The quantitative estimate of drug-likeness (QED) is 0.330. The average Bonchev–Trinajstić information content (AvgIpc) is 2.53. The highest BCUT2D eigenvalue weighted by molar-refractivity contribution is 9.10. The summed E-state index contributed by atoms with van der Waals surface area (Å²) in [5, 5.41) is 2.46. The van der Waals surface area contributed by atoms with Gasteiger partial charge >= 0.3 is 0 Å². The van der Waals surface area contributed by atoms with Crippen molar-refractivity contribution in [2.75, 3.05) is 6.61 Å². The number of ether oxygens (including phenoxy) is 1. The Balaban J connectivity index is 1.65. The molecule has 22 heavy (non-hydrogen) atoms. The maximum atomic E-state index is 5.86. The van der Waals surface area contributed by atoms with Gasteiger partial charge in [0.2, 0.25) is 0 Å². The smallest absolute Gasteiger partial charge is 0.119 e. The fourth-order valence-electron chi connectivity index (χ4n) is 2.57. The largest absolute Gasteiger partial charge is 0.494 e. The van der Waals surface area contributed by atoms with Crippen LogP contribution in [0.1, 0.15) is 44.9 Å². The topological polar surface area (TPSA) is 9.23 Å². The van der Waals surface area contributed by atoms with Crippen molar-refractivity contribution in [1.29, 1.82) is 0 Å². The van der Waals surface area contributed by atoms with Crippen molar-refractivity contribution in [3.05, 3.63) is 53.5 Å². The van der Waals surface area contributed by atoms with Crippen LogP contribution in [0, 0.1) is 0 Å². The lowest BCUT2D eigenvalue weighted by Gasteiger charge is -2.07. The first-order valence-electron chi connectivity index (χ1n) is 8.22. The summed E-state index contributed by atoms with van der Waals surface area (Å²) in [5.74, 6) is 0.973. The van der Waals surface area contributed by atoms with Gasteiger partial charge in [0.25, 0.3) is 0 Å². The molecule has 2 aromatic carbocycles. The van der Waals surface area contributed by atoms with Gasteiger partial charge in [0, 0.05) is 4.47 Å². The maximum Gasteiger partial charge on any atom is 0.119 e. The lowest BCUT2D eigenvalue weighted by Crippen LogP contribution is -1.97. The molecule has 0 N–H and O–H groups in total. The monoisotopic (exact) mass is 360 g/mol. The first-order valence-corrected chi connectivity index (χ1v) is 9.02. The van der Waals surface area contributed by atoms with Crippen molar-refractivity contribution in [1.82, 2.24) is 0 Å². The average molecular weight is 361 g/mol. The van der Waals surface area contributed by atoms with Crippen LogP contribution in [0.2, 0.25) is 0 Å². The molecule has 0 heterocycles. The molecular weight excluding hydrogens is 336 g/mol. The molecule has 0 radical (unpaired) electrons. The SMILES string of the molecule is C=CCCCCCCCCOc1ccc2cc(Br)ccc2c1. The van der Waals surface area contributed by atoms with Crippen LogP contribution in [0.15, 0.2) is 53.5 Å². The third-order valence-electron chi connectivity index (χ3n) is 3.85. The second-order valence-electron chi connectivity index (χ2n) is 5.70. The van der Waals surface area contributed by atoms with Gasteiger partial charge in [0.05, 0.1) is 6.61 Å². The molecule has 0 spiro atoms. The summed E-state index contributed by atoms with van der Waals surface area (Å²) in [6, 6.07) is 12.6. The van der Waals surface area contributed by atoms with Crippen LogP contribution in [0.25, 0.3) is 10.8 Å². The van der Waals surface area contributed by atoms with Gasteiger partial charge in [-0.2, -0.15) is 0 Å². The van der Waals surface area contributed by atoms with Crippen LogP contribution in [-0.2, 0) is 0 Å². The number of rotatable bonds is 10.